The van der Waals surface area contributed by atoms with E-state index in [-0.39, 0.29) is 5.88 Å². The Balaban J connectivity index is 1.84. The van der Waals surface area contributed by atoms with Crippen LogP contribution in [0.15, 0.2) is 42.6 Å². The summed E-state index contributed by atoms with van der Waals surface area (Å²) in [6, 6.07) is 12.1. The van der Waals surface area contributed by atoms with Gasteiger partial charge in [0.25, 0.3) is 0 Å². The van der Waals surface area contributed by atoms with Gasteiger partial charge in [-0.25, -0.2) is 0 Å². The quantitative estimate of drug-likeness (QED) is 0.784. The molecule has 23 heavy (non-hydrogen) atoms. The molecule has 1 aromatic heterocycles. The molecular weight excluding hydrogens is 288 g/mol. The van der Waals surface area contributed by atoms with Crippen molar-refractivity contribution in [2.45, 2.75) is 12.8 Å². The number of hydrogen-bond donors (Lipinski definition) is 1. The van der Waals surface area contributed by atoms with E-state index in [0.717, 1.165) is 35.2 Å². The number of aromatic nitrogens is 1. The largest absolute Gasteiger partial charge is 0.497 e. The SMILES string of the molecule is COc1ccc2cn(-c3ccc4c(c3)CCCN4C)c(O)c2c1. The van der Waals surface area contributed by atoms with Crippen LogP contribution < -0.4 is 9.64 Å². The summed E-state index contributed by atoms with van der Waals surface area (Å²) in [5.74, 6) is 1.00. The number of fused-ring (bicyclic) bond motifs is 2. The molecule has 0 bridgehead atoms. The van der Waals surface area contributed by atoms with Crippen molar-refractivity contribution in [3.05, 3.63) is 48.2 Å². The van der Waals surface area contributed by atoms with E-state index in [9.17, 15) is 5.11 Å². The second kappa shape index (κ2) is 5.23. The van der Waals surface area contributed by atoms with Crippen LogP contribution in [0.2, 0.25) is 0 Å². The number of rotatable bonds is 2. The van der Waals surface area contributed by atoms with Gasteiger partial charge in [-0.2, -0.15) is 0 Å². The van der Waals surface area contributed by atoms with E-state index >= 15 is 0 Å². The van der Waals surface area contributed by atoms with Crippen LogP contribution >= 0.6 is 0 Å². The Hall–Kier alpha value is -2.62. The van der Waals surface area contributed by atoms with E-state index in [1.807, 2.05) is 29.0 Å². The number of hydrogen-bond acceptors (Lipinski definition) is 3. The third-order valence-electron chi connectivity index (χ3n) is 4.69. The van der Waals surface area contributed by atoms with E-state index in [1.54, 1.807) is 7.11 Å². The number of ether oxygens (including phenoxy) is 1. The highest BCUT2D eigenvalue weighted by atomic mass is 16.5. The predicted molar refractivity (Wildman–Crippen MR) is 93.1 cm³/mol. The first-order valence-electron chi connectivity index (χ1n) is 7.90. The van der Waals surface area contributed by atoms with Gasteiger partial charge in [0, 0.05) is 41.9 Å². The molecule has 3 aromatic rings. The fourth-order valence-corrected chi connectivity index (χ4v) is 3.42. The van der Waals surface area contributed by atoms with Crippen molar-refractivity contribution < 1.29 is 9.84 Å². The minimum atomic E-state index is 0.253. The normalized spacial score (nSPS) is 14.1. The van der Waals surface area contributed by atoms with Crippen LogP contribution in [-0.2, 0) is 6.42 Å². The summed E-state index contributed by atoms with van der Waals surface area (Å²) in [5, 5.41) is 12.4. The molecule has 2 heterocycles. The van der Waals surface area contributed by atoms with Crippen LogP contribution in [0, 0.1) is 0 Å². The lowest BCUT2D eigenvalue weighted by atomic mass is 10.0. The lowest BCUT2D eigenvalue weighted by Crippen LogP contribution is -2.24. The molecule has 1 aliphatic heterocycles. The topological polar surface area (TPSA) is 37.6 Å². The summed E-state index contributed by atoms with van der Waals surface area (Å²) in [7, 11) is 3.76. The van der Waals surface area contributed by atoms with Gasteiger partial charge in [0.1, 0.15) is 5.75 Å². The molecule has 0 saturated carbocycles. The molecule has 1 N–H and O–H groups in total. The van der Waals surface area contributed by atoms with Crippen LogP contribution in [0.5, 0.6) is 11.6 Å². The van der Waals surface area contributed by atoms with E-state index in [1.165, 1.54) is 17.7 Å². The molecule has 0 saturated heterocycles. The number of aryl methyl sites for hydroxylation is 1. The third kappa shape index (κ3) is 2.22. The highest BCUT2D eigenvalue weighted by Gasteiger charge is 2.16. The van der Waals surface area contributed by atoms with Crippen LogP contribution in [-0.4, -0.2) is 30.4 Å². The van der Waals surface area contributed by atoms with Crippen LogP contribution in [0.25, 0.3) is 16.5 Å². The minimum absolute atomic E-state index is 0.253. The molecule has 118 valence electrons. The first kappa shape index (κ1) is 14.0. The molecule has 4 rings (SSSR count). The first-order valence-corrected chi connectivity index (χ1v) is 7.90. The van der Waals surface area contributed by atoms with Gasteiger partial charge in [-0.15, -0.1) is 0 Å². The Kier molecular flexibility index (Phi) is 3.18. The molecule has 0 aliphatic carbocycles. The van der Waals surface area contributed by atoms with Crippen molar-refractivity contribution >= 4 is 16.5 Å². The number of aromatic hydroxyl groups is 1. The van der Waals surface area contributed by atoms with Crippen molar-refractivity contribution in [2.24, 2.45) is 0 Å². The van der Waals surface area contributed by atoms with E-state index < -0.39 is 0 Å². The van der Waals surface area contributed by atoms with Crippen LogP contribution in [0.3, 0.4) is 0 Å². The summed E-state index contributed by atoms with van der Waals surface area (Å²) in [5.41, 5.74) is 3.62. The average molecular weight is 308 g/mol. The molecule has 0 atom stereocenters. The lowest BCUT2D eigenvalue weighted by Gasteiger charge is -2.27. The molecule has 0 radical (unpaired) electrons. The molecule has 1 aliphatic rings. The molecule has 0 unspecified atom stereocenters. The highest BCUT2D eigenvalue weighted by Crippen LogP contribution is 2.35. The highest BCUT2D eigenvalue weighted by molar-refractivity contribution is 5.90. The first-order chi connectivity index (χ1) is 11.2. The molecule has 0 spiro atoms. The number of anilines is 1. The number of benzene rings is 2. The Labute approximate surface area is 135 Å². The molecule has 0 fully saturated rings. The summed E-state index contributed by atoms with van der Waals surface area (Å²) in [6.07, 6.45) is 4.23. The maximum Gasteiger partial charge on any atom is 0.203 e. The Morgan fingerprint density at radius 2 is 2.00 bits per heavy atom. The number of nitrogens with zero attached hydrogens (tertiary/aromatic N) is 2. The second-order valence-electron chi connectivity index (χ2n) is 6.11. The zero-order chi connectivity index (χ0) is 16.0. The summed E-state index contributed by atoms with van der Waals surface area (Å²) < 4.78 is 7.10. The Morgan fingerprint density at radius 1 is 1.13 bits per heavy atom. The predicted octanol–water partition coefficient (Wildman–Crippen LogP) is 3.73. The van der Waals surface area contributed by atoms with Gasteiger partial charge in [0.15, 0.2) is 0 Å². The van der Waals surface area contributed by atoms with Gasteiger partial charge < -0.3 is 14.7 Å². The van der Waals surface area contributed by atoms with Crippen LogP contribution in [0.4, 0.5) is 5.69 Å². The zero-order valence-corrected chi connectivity index (χ0v) is 13.4. The van der Waals surface area contributed by atoms with Gasteiger partial charge in [-0.3, -0.25) is 4.57 Å². The van der Waals surface area contributed by atoms with Gasteiger partial charge in [-0.05, 0) is 54.8 Å². The van der Waals surface area contributed by atoms with Crippen molar-refractivity contribution in [1.82, 2.24) is 4.57 Å². The van der Waals surface area contributed by atoms with Crippen LogP contribution in [0.1, 0.15) is 12.0 Å². The zero-order valence-electron chi connectivity index (χ0n) is 13.4. The lowest BCUT2D eigenvalue weighted by molar-refractivity contribution is 0.414. The van der Waals surface area contributed by atoms with Gasteiger partial charge in [0.05, 0.1) is 7.11 Å². The maximum absolute atomic E-state index is 10.6. The van der Waals surface area contributed by atoms with E-state index in [4.69, 9.17) is 4.74 Å². The molecule has 2 aromatic carbocycles. The standard InChI is InChI=1S/C19H20N2O2/c1-20-9-3-4-13-10-15(6-8-18(13)20)21-12-14-5-7-16(23-2)11-17(14)19(21)22/h5-8,10-12,22H,3-4,9H2,1-2H3. The fourth-order valence-electron chi connectivity index (χ4n) is 3.42. The number of methoxy groups -OCH3 is 1. The fraction of sp³-hybridized carbons (Fsp3) is 0.263. The molecule has 0 amide bonds. The van der Waals surface area contributed by atoms with Crippen molar-refractivity contribution in [3.63, 3.8) is 0 Å². The third-order valence-corrected chi connectivity index (χ3v) is 4.69. The summed E-state index contributed by atoms with van der Waals surface area (Å²) >= 11 is 0. The summed E-state index contributed by atoms with van der Waals surface area (Å²) in [4.78, 5) is 2.29. The van der Waals surface area contributed by atoms with Crippen molar-refractivity contribution in [1.29, 1.82) is 0 Å². The second-order valence-corrected chi connectivity index (χ2v) is 6.11. The monoisotopic (exact) mass is 308 g/mol. The van der Waals surface area contributed by atoms with Crippen molar-refractivity contribution in [3.8, 4) is 17.3 Å². The Bertz CT molecular complexity index is 882. The molecular formula is C19H20N2O2. The van der Waals surface area contributed by atoms with Gasteiger partial charge in [0.2, 0.25) is 5.88 Å². The average Bonchev–Trinajstić information content (AvgIpc) is 2.91. The Morgan fingerprint density at radius 3 is 2.83 bits per heavy atom. The molecule has 4 nitrogen and oxygen atoms in total. The van der Waals surface area contributed by atoms with Gasteiger partial charge >= 0.3 is 0 Å². The van der Waals surface area contributed by atoms with Gasteiger partial charge in [-0.1, -0.05) is 0 Å². The maximum atomic E-state index is 10.6. The smallest absolute Gasteiger partial charge is 0.203 e. The van der Waals surface area contributed by atoms with E-state index in [0.29, 0.717) is 0 Å². The molecule has 4 heteroatoms. The van der Waals surface area contributed by atoms with Crippen molar-refractivity contribution in [2.75, 3.05) is 25.6 Å². The minimum Gasteiger partial charge on any atom is -0.497 e. The summed E-state index contributed by atoms with van der Waals surface area (Å²) in [6.45, 7) is 1.10. The van der Waals surface area contributed by atoms with E-state index in [2.05, 4.69) is 30.1 Å².